The van der Waals surface area contributed by atoms with E-state index in [4.69, 9.17) is 5.26 Å². The van der Waals surface area contributed by atoms with Crippen LogP contribution in [0.1, 0.15) is 48.1 Å². The summed E-state index contributed by atoms with van der Waals surface area (Å²) in [7, 11) is 0. The van der Waals surface area contributed by atoms with Crippen molar-refractivity contribution in [3.63, 3.8) is 0 Å². The van der Waals surface area contributed by atoms with E-state index in [1.807, 2.05) is 13.1 Å². The topological polar surface area (TPSA) is 36.7 Å². The second-order valence-corrected chi connectivity index (χ2v) is 4.06. The highest BCUT2D eigenvalue weighted by atomic mass is 14.7. The quantitative estimate of drug-likeness (QED) is 0.624. The minimum Gasteiger partial charge on any atom is -0.260 e. The van der Waals surface area contributed by atoms with Gasteiger partial charge in [0.05, 0.1) is 11.3 Å². The van der Waals surface area contributed by atoms with E-state index in [0.717, 1.165) is 17.7 Å². The van der Waals surface area contributed by atoms with Gasteiger partial charge in [-0.05, 0) is 43.2 Å². The molecule has 0 bridgehead atoms. The van der Waals surface area contributed by atoms with Crippen LogP contribution in [0.15, 0.2) is 6.20 Å². The Kier molecular flexibility index (Phi) is 2.25. The molecule has 0 aliphatic heterocycles. The van der Waals surface area contributed by atoms with Gasteiger partial charge >= 0.3 is 0 Å². The lowest BCUT2D eigenvalue weighted by molar-refractivity contribution is 0.585. The zero-order valence-electron chi connectivity index (χ0n) is 8.67. The number of aryl methyl sites for hydroxylation is 2. The molecule has 1 aromatic rings. The highest BCUT2D eigenvalue weighted by Crippen LogP contribution is 2.33. The first-order valence-electron chi connectivity index (χ1n) is 5.12. The Morgan fingerprint density at radius 1 is 1.57 bits per heavy atom. The summed E-state index contributed by atoms with van der Waals surface area (Å²) in [6, 6.07) is 2.29. The highest BCUT2D eigenvalue weighted by Gasteiger charge is 2.21. The van der Waals surface area contributed by atoms with Crippen molar-refractivity contribution in [1.82, 2.24) is 4.98 Å². The van der Waals surface area contributed by atoms with Crippen LogP contribution >= 0.6 is 0 Å². The standard InChI is InChI=1S/C12H14N2/c1-8-4-3-5-10-7-14-9(2)11(6-13)12(8)10/h7-8H,3-5H2,1-2H3/t8-/m1/s1. The van der Waals surface area contributed by atoms with Crippen LogP contribution in [0.3, 0.4) is 0 Å². The molecule has 1 aromatic heterocycles. The molecule has 2 heteroatoms. The van der Waals surface area contributed by atoms with Crippen molar-refractivity contribution in [2.24, 2.45) is 0 Å². The van der Waals surface area contributed by atoms with E-state index in [0.29, 0.717) is 5.92 Å². The predicted octanol–water partition coefficient (Wildman–Crippen LogP) is 2.70. The van der Waals surface area contributed by atoms with Crippen molar-refractivity contribution in [2.75, 3.05) is 0 Å². The summed E-state index contributed by atoms with van der Waals surface area (Å²) in [5, 5.41) is 9.10. The fraction of sp³-hybridized carbons (Fsp3) is 0.500. The number of rotatable bonds is 0. The zero-order chi connectivity index (χ0) is 10.1. The molecule has 0 N–H and O–H groups in total. The van der Waals surface area contributed by atoms with Crippen molar-refractivity contribution in [2.45, 2.75) is 39.0 Å². The lowest BCUT2D eigenvalue weighted by Crippen LogP contribution is -2.11. The van der Waals surface area contributed by atoms with Crippen LogP contribution in [0.25, 0.3) is 0 Å². The first-order valence-corrected chi connectivity index (χ1v) is 5.12. The molecule has 1 aliphatic rings. The van der Waals surface area contributed by atoms with Crippen LogP contribution < -0.4 is 0 Å². The Labute approximate surface area is 84.6 Å². The van der Waals surface area contributed by atoms with Gasteiger partial charge in [0, 0.05) is 6.20 Å². The summed E-state index contributed by atoms with van der Waals surface area (Å²) in [4.78, 5) is 4.28. The van der Waals surface area contributed by atoms with Gasteiger partial charge in [-0.2, -0.15) is 5.26 Å². The smallest absolute Gasteiger partial charge is 0.101 e. The van der Waals surface area contributed by atoms with Gasteiger partial charge in [-0.3, -0.25) is 4.98 Å². The molecule has 1 heterocycles. The third kappa shape index (κ3) is 1.29. The molecule has 0 saturated carbocycles. The molecular formula is C12H14N2. The summed E-state index contributed by atoms with van der Waals surface area (Å²) in [5.41, 5.74) is 4.23. The first-order chi connectivity index (χ1) is 6.74. The van der Waals surface area contributed by atoms with Gasteiger partial charge in [-0.25, -0.2) is 0 Å². The van der Waals surface area contributed by atoms with Crippen molar-refractivity contribution in [1.29, 1.82) is 5.26 Å². The average molecular weight is 186 g/mol. The van der Waals surface area contributed by atoms with Crippen molar-refractivity contribution in [3.05, 3.63) is 28.6 Å². The van der Waals surface area contributed by atoms with E-state index in [2.05, 4.69) is 18.0 Å². The van der Waals surface area contributed by atoms with E-state index in [-0.39, 0.29) is 0 Å². The fourth-order valence-electron chi connectivity index (χ4n) is 2.31. The Morgan fingerprint density at radius 2 is 2.36 bits per heavy atom. The number of nitrogens with zero attached hydrogens (tertiary/aromatic N) is 2. The van der Waals surface area contributed by atoms with Gasteiger partial charge in [-0.15, -0.1) is 0 Å². The maximum Gasteiger partial charge on any atom is 0.101 e. The van der Waals surface area contributed by atoms with Gasteiger partial charge in [-0.1, -0.05) is 6.92 Å². The van der Waals surface area contributed by atoms with Gasteiger partial charge in [0.1, 0.15) is 6.07 Å². The summed E-state index contributed by atoms with van der Waals surface area (Å²) >= 11 is 0. The fourth-order valence-corrected chi connectivity index (χ4v) is 2.31. The van der Waals surface area contributed by atoms with Crippen LogP contribution in [-0.2, 0) is 6.42 Å². The second-order valence-electron chi connectivity index (χ2n) is 4.06. The number of pyridine rings is 1. The monoisotopic (exact) mass is 186 g/mol. The Morgan fingerprint density at radius 3 is 3.07 bits per heavy atom. The average Bonchev–Trinajstić information content (AvgIpc) is 2.19. The lowest BCUT2D eigenvalue weighted by Gasteiger charge is -2.23. The Bertz CT molecular complexity index is 402. The van der Waals surface area contributed by atoms with E-state index in [1.165, 1.54) is 24.0 Å². The molecule has 0 aromatic carbocycles. The molecule has 0 radical (unpaired) electrons. The van der Waals surface area contributed by atoms with E-state index < -0.39 is 0 Å². The predicted molar refractivity (Wildman–Crippen MR) is 55.0 cm³/mol. The Balaban J connectivity index is 2.65. The minimum absolute atomic E-state index is 0.523. The molecular weight excluding hydrogens is 172 g/mol. The van der Waals surface area contributed by atoms with Crippen molar-refractivity contribution in [3.8, 4) is 6.07 Å². The SMILES string of the molecule is Cc1ncc2c(c1C#N)[C@H](C)CCC2. The molecule has 0 amide bonds. The molecule has 72 valence electrons. The first kappa shape index (κ1) is 9.21. The van der Waals surface area contributed by atoms with E-state index >= 15 is 0 Å². The molecule has 0 spiro atoms. The molecule has 2 rings (SSSR count). The largest absolute Gasteiger partial charge is 0.260 e. The van der Waals surface area contributed by atoms with Crippen molar-refractivity contribution >= 4 is 0 Å². The molecule has 1 aliphatic carbocycles. The van der Waals surface area contributed by atoms with Crippen LogP contribution in [0.4, 0.5) is 0 Å². The summed E-state index contributed by atoms with van der Waals surface area (Å²) < 4.78 is 0. The van der Waals surface area contributed by atoms with Gasteiger partial charge in [0.15, 0.2) is 0 Å². The normalized spacial score (nSPS) is 19.9. The molecule has 14 heavy (non-hydrogen) atoms. The number of hydrogen-bond donors (Lipinski definition) is 0. The minimum atomic E-state index is 0.523. The maximum atomic E-state index is 9.10. The van der Waals surface area contributed by atoms with Gasteiger partial charge in [0.25, 0.3) is 0 Å². The van der Waals surface area contributed by atoms with Crippen molar-refractivity contribution < 1.29 is 0 Å². The number of nitriles is 1. The number of hydrogen-bond acceptors (Lipinski definition) is 2. The zero-order valence-corrected chi connectivity index (χ0v) is 8.67. The van der Waals surface area contributed by atoms with E-state index in [1.54, 1.807) is 0 Å². The number of aromatic nitrogens is 1. The van der Waals surface area contributed by atoms with Crippen LogP contribution in [-0.4, -0.2) is 4.98 Å². The van der Waals surface area contributed by atoms with E-state index in [9.17, 15) is 0 Å². The van der Waals surface area contributed by atoms with Crippen LogP contribution in [0.5, 0.6) is 0 Å². The summed E-state index contributed by atoms with van der Waals surface area (Å²) in [6.45, 7) is 4.12. The molecule has 2 nitrogen and oxygen atoms in total. The molecule has 1 atom stereocenters. The third-order valence-electron chi connectivity index (χ3n) is 3.08. The highest BCUT2D eigenvalue weighted by molar-refractivity contribution is 5.47. The lowest BCUT2D eigenvalue weighted by atomic mass is 9.82. The second kappa shape index (κ2) is 3.42. The molecule has 0 fully saturated rings. The Hall–Kier alpha value is -1.36. The summed E-state index contributed by atoms with van der Waals surface area (Å²) in [6.07, 6.45) is 5.46. The van der Waals surface area contributed by atoms with Crippen LogP contribution in [0, 0.1) is 18.3 Å². The third-order valence-corrected chi connectivity index (χ3v) is 3.08. The van der Waals surface area contributed by atoms with Gasteiger partial charge in [0.2, 0.25) is 0 Å². The van der Waals surface area contributed by atoms with Gasteiger partial charge < -0.3 is 0 Å². The number of fused-ring (bicyclic) bond motifs is 1. The maximum absolute atomic E-state index is 9.10. The molecule has 0 unspecified atom stereocenters. The summed E-state index contributed by atoms with van der Waals surface area (Å²) in [5.74, 6) is 0.523. The van der Waals surface area contributed by atoms with Crippen LogP contribution in [0.2, 0.25) is 0 Å². The molecule has 0 saturated heterocycles.